The summed E-state index contributed by atoms with van der Waals surface area (Å²) in [5.41, 5.74) is 7.80. The van der Waals surface area contributed by atoms with Crippen LogP contribution in [0.2, 0.25) is 0 Å². The summed E-state index contributed by atoms with van der Waals surface area (Å²) < 4.78 is 6.05. The summed E-state index contributed by atoms with van der Waals surface area (Å²) in [6.45, 7) is 2.16. The fraction of sp³-hybridized carbons (Fsp3) is 0.250. The molecule has 0 radical (unpaired) electrons. The zero-order valence-electron chi connectivity index (χ0n) is 10.7. The van der Waals surface area contributed by atoms with E-state index in [0.29, 0.717) is 5.69 Å². The van der Waals surface area contributed by atoms with Gasteiger partial charge in [0, 0.05) is 0 Å². The van der Waals surface area contributed by atoms with Gasteiger partial charge in [-0.25, -0.2) is 0 Å². The molecule has 0 spiro atoms. The number of nitrogens with two attached hydrogens (primary N) is 1. The van der Waals surface area contributed by atoms with Crippen molar-refractivity contribution in [2.45, 2.75) is 25.9 Å². The van der Waals surface area contributed by atoms with Crippen molar-refractivity contribution in [3.63, 3.8) is 0 Å². The lowest BCUT2D eigenvalue weighted by atomic mass is 10.1. The fourth-order valence-electron chi connectivity index (χ4n) is 1.96. The Labute approximate surface area is 108 Å². The summed E-state index contributed by atoms with van der Waals surface area (Å²) in [7, 11) is 0. The van der Waals surface area contributed by atoms with Gasteiger partial charge in [0.05, 0.1) is 5.69 Å². The molecule has 2 nitrogen and oxygen atoms in total. The van der Waals surface area contributed by atoms with E-state index >= 15 is 0 Å². The number of rotatable bonds is 5. The van der Waals surface area contributed by atoms with E-state index in [-0.39, 0.29) is 6.10 Å². The molecule has 0 amide bonds. The Hall–Kier alpha value is -1.96. The Morgan fingerprint density at radius 2 is 1.67 bits per heavy atom. The summed E-state index contributed by atoms with van der Waals surface area (Å²) in [4.78, 5) is 0. The molecule has 2 N–H and O–H groups in total. The van der Waals surface area contributed by atoms with Crippen LogP contribution < -0.4 is 10.5 Å². The van der Waals surface area contributed by atoms with Crippen molar-refractivity contribution < 1.29 is 4.74 Å². The summed E-state index contributed by atoms with van der Waals surface area (Å²) in [5, 5.41) is 0. The van der Waals surface area contributed by atoms with Gasteiger partial charge in [-0.2, -0.15) is 0 Å². The predicted octanol–water partition coefficient (Wildman–Crippen LogP) is 4.19. The van der Waals surface area contributed by atoms with Crippen molar-refractivity contribution in [1.82, 2.24) is 0 Å². The third-order valence-electron chi connectivity index (χ3n) is 2.91. The van der Waals surface area contributed by atoms with Gasteiger partial charge in [0.15, 0.2) is 0 Å². The van der Waals surface area contributed by atoms with Gasteiger partial charge in [-0.3, -0.25) is 0 Å². The number of nitrogen functional groups attached to an aromatic ring is 1. The van der Waals surface area contributed by atoms with Gasteiger partial charge in [0.2, 0.25) is 0 Å². The van der Waals surface area contributed by atoms with Crippen molar-refractivity contribution >= 4 is 5.69 Å². The van der Waals surface area contributed by atoms with E-state index in [1.54, 1.807) is 0 Å². The molecule has 94 valence electrons. The number of anilines is 1. The molecule has 18 heavy (non-hydrogen) atoms. The van der Waals surface area contributed by atoms with E-state index in [0.717, 1.165) is 18.6 Å². The largest absolute Gasteiger partial charge is 0.484 e. The molecule has 2 heteroatoms. The molecular formula is C16H19NO. The van der Waals surface area contributed by atoms with E-state index in [1.807, 2.05) is 42.5 Å². The quantitative estimate of drug-likeness (QED) is 0.797. The van der Waals surface area contributed by atoms with Crippen molar-refractivity contribution in [2.75, 3.05) is 5.73 Å². The second-order valence-electron chi connectivity index (χ2n) is 4.34. The minimum atomic E-state index is 0.0703. The van der Waals surface area contributed by atoms with Crippen LogP contribution in [0, 0.1) is 0 Å². The zero-order chi connectivity index (χ0) is 12.8. The van der Waals surface area contributed by atoms with Crippen molar-refractivity contribution in [3.8, 4) is 5.75 Å². The maximum atomic E-state index is 6.05. The van der Waals surface area contributed by atoms with E-state index in [2.05, 4.69) is 19.1 Å². The highest BCUT2D eigenvalue weighted by Gasteiger charge is 2.13. The number of hydrogen-bond donors (Lipinski definition) is 1. The Morgan fingerprint density at radius 1 is 1.00 bits per heavy atom. The van der Waals surface area contributed by atoms with Crippen LogP contribution in [0.15, 0.2) is 54.6 Å². The average molecular weight is 241 g/mol. The molecule has 2 aromatic carbocycles. The van der Waals surface area contributed by atoms with Gasteiger partial charge < -0.3 is 10.5 Å². The summed E-state index contributed by atoms with van der Waals surface area (Å²) in [5.74, 6) is 0.764. The lowest BCUT2D eigenvalue weighted by Crippen LogP contribution is -2.08. The minimum Gasteiger partial charge on any atom is -0.484 e. The van der Waals surface area contributed by atoms with Crippen molar-refractivity contribution in [2.24, 2.45) is 0 Å². The van der Waals surface area contributed by atoms with Crippen LogP contribution in [0.4, 0.5) is 5.69 Å². The molecule has 0 aliphatic rings. The smallest absolute Gasteiger partial charge is 0.143 e. The Bertz CT molecular complexity index is 481. The highest BCUT2D eigenvalue weighted by atomic mass is 16.5. The Morgan fingerprint density at radius 3 is 2.33 bits per heavy atom. The lowest BCUT2D eigenvalue weighted by Gasteiger charge is -2.20. The number of ether oxygens (including phenoxy) is 1. The number of para-hydroxylation sites is 2. The highest BCUT2D eigenvalue weighted by molar-refractivity contribution is 5.52. The third-order valence-corrected chi connectivity index (χ3v) is 2.91. The summed E-state index contributed by atoms with van der Waals surface area (Å²) in [6, 6.07) is 17.9. The SMILES string of the molecule is CCCC(Oc1ccccc1N)c1ccccc1. The second-order valence-corrected chi connectivity index (χ2v) is 4.34. The monoisotopic (exact) mass is 241 g/mol. The summed E-state index contributed by atoms with van der Waals surface area (Å²) in [6.07, 6.45) is 2.13. The van der Waals surface area contributed by atoms with Crippen LogP contribution in [0.1, 0.15) is 31.4 Å². The van der Waals surface area contributed by atoms with Crippen LogP contribution in [0.3, 0.4) is 0 Å². The number of hydrogen-bond acceptors (Lipinski definition) is 2. The Kier molecular flexibility index (Phi) is 4.24. The van der Waals surface area contributed by atoms with Crippen LogP contribution in [0.25, 0.3) is 0 Å². The van der Waals surface area contributed by atoms with E-state index in [1.165, 1.54) is 5.56 Å². The van der Waals surface area contributed by atoms with Gasteiger partial charge in [0.25, 0.3) is 0 Å². The predicted molar refractivity (Wildman–Crippen MR) is 75.6 cm³/mol. The molecule has 0 aromatic heterocycles. The van der Waals surface area contributed by atoms with Crippen LogP contribution in [0.5, 0.6) is 5.75 Å². The first kappa shape index (κ1) is 12.5. The van der Waals surface area contributed by atoms with Gasteiger partial charge in [0.1, 0.15) is 11.9 Å². The second kappa shape index (κ2) is 6.10. The van der Waals surface area contributed by atoms with Gasteiger partial charge in [-0.05, 0) is 24.1 Å². The van der Waals surface area contributed by atoms with Crippen molar-refractivity contribution in [1.29, 1.82) is 0 Å². The van der Waals surface area contributed by atoms with Gasteiger partial charge in [-0.15, -0.1) is 0 Å². The molecule has 1 unspecified atom stereocenters. The first-order chi connectivity index (χ1) is 8.81. The number of benzene rings is 2. The molecule has 0 heterocycles. The van der Waals surface area contributed by atoms with E-state index < -0.39 is 0 Å². The first-order valence-electron chi connectivity index (χ1n) is 6.37. The van der Waals surface area contributed by atoms with Crippen LogP contribution in [-0.4, -0.2) is 0 Å². The fourth-order valence-corrected chi connectivity index (χ4v) is 1.96. The molecule has 0 fully saturated rings. The molecule has 0 bridgehead atoms. The topological polar surface area (TPSA) is 35.2 Å². The highest BCUT2D eigenvalue weighted by Crippen LogP contribution is 2.29. The first-order valence-corrected chi connectivity index (χ1v) is 6.37. The molecule has 0 aliphatic heterocycles. The zero-order valence-corrected chi connectivity index (χ0v) is 10.7. The normalized spacial score (nSPS) is 12.1. The van der Waals surface area contributed by atoms with Gasteiger partial charge in [-0.1, -0.05) is 55.8 Å². The maximum absolute atomic E-state index is 6.05. The molecule has 0 saturated heterocycles. The van der Waals surface area contributed by atoms with Crippen LogP contribution in [-0.2, 0) is 0 Å². The molecule has 1 atom stereocenters. The molecule has 0 aliphatic carbocycles. The van der Waals surface area contributed by atoms with E-state index in [9.17, 15) is 0 Å². The molecule has 2 rings (SSSR count). The maximum Gasteiger partial charge on any atom is 0.143 e. The minimum absolute atomic E-state index is 0.0703. The molecular weight excluding hydrogens is 222 g/mol. The van der Waals surface area contributed by atoms with Crippen LogP contribution >= 0.6 is 0 Å². The Balaban J connectivity index is 2.19. The molecule has 2 aromatic rings. The standard InChI is InChI=1S/C16H19NO/c1-2-8-15(13-9-4-3-5-10-13)18-16-12-7-6-11-14(16)17/h3-7,9-12,15H,2,8,17H2,1H3. The van der Waals surface area contributed by atoms with E-state index in [4.69, 9.17) is 10.5 Å². The third kappa shape index (κ3) is 3.04. The lowest BCUT2D eigenvalue weighted by molar-refractivity contribution is 0.195. The van der Waals surface area contributed by atoms with Gasteiger partial charge >= 0.3 is 0 Å². The summed E-state index contributed by atoms with van der Waals surface area (Å²) >= 11 is 0. The van der Waals surface area contributed by atoms with Crippen molar-refractivity contribution in [3.05, 3.63) is 60.2 Å². The molecule has 0 saturated carbocycles. The average Bonchev–Trinajstić information content (AvgIpc) is 2.42.